The molecule has 164 valence electrons. The highest BCUT2D eigenvalue weighted by Gasteiger charge is 2.34. The first-order valence-corrected chi connectivity index (χ1v) is 10.1. The molecule has 1 aliphatic heterocycles. The molecule has 4 rings (SSSR count). The van der Waals surface area contributed by atoms with E-state index in [0.29, 0.717) is 17.7 Å². The van der Waals surface area contributed by atoms with Crippen LogP contribution in [0.25, 0.3) is 5.69 Å². The number of rotatable bonds is 7. The molecule has 1 aromatic carbocycles. The van der Waals surface area contributed by atoms with Crippen molar-refractivity contribution in [3.8, 4) is 5.69 Å². The number of hydrogen-bond donors (Lipinski definition) is 1. The number of benzene rings is 1. The number of aromatic nitrogens is 2. The molecule has 0 unspecified atom stereocenters. The molecule has 10 heteroatoms. The maximum Gasteiger partial charge on any atom is 0.416 e. The Bertz CT molecular complexity index is 1010. The minimum atomic E-state index is -4.47. The van der Waals surface area contributed by atoms with E-state index in [1.807, 2.05) is 0 Å². The van der Waals surface area contributed by atoms with Crippen LogP contribution in [0, 0.1) is 0 Å². The van der Waals surface area contributed by atoms with Gasteiger partial charge in [0.15, 0.2) is 0 Å². The summed E-state index contributed by atoms with van der Waals surface area (Å²) in [6.45, 7) is 0.506. The molecule has 1 aromatic heterocycles. The number of halogens is 3. The number of imide groups is 1. The molecule has 1 saturated heterocycles. The van der Waals surface area contributed by atoms with Crippen LogP contribution in [-0.2, 0) is 15.8 Å². The molecule has 1 saturated carbocycles. The summed E-state index contributed by atoms with van der Waals surface area (Å²) in [5, 5.41) is 6.95. The minimum Gasteiger partial charge on any atom is -0.352 e. The zero-order chi connectivity index (χ0) is 22.2. The summed E-state index contributed by atoms with van der Waals surface area (Å²) in [7, 11) is 0. The van der Waals surface area contributed by atoms with Gasteiger partial charge in [-0.05, 0) is 37.5 Å². The van der Waals surface area contributed by atoms with Crippen LogP contribution in [0.15, 0.2) is 30.5 Å². The Kier molecular flexibility index (Phi) is 5.55. The largest absolute Gasteiger partial charge is 0.416 e. The fourth-order valence-electron chi connectivity index (χ4n) is 3.71. The van der Waals surface area contributed by atoms with Crippen molar-refractivity contribution in [2.75, 3.05) is 13.1 Å². The van der Waals surface area contributed by atoms with E-state index in [0.717, 1.165) is 25.0 Å². The molecule has 1 N–H and O–H groups in total. The Balaban J connectivity index is 1.46. The van der Waals surface area contributed by atoms with E-state index in [1.165, 1.54) is 27.9 Å². The number of hydrogen-bond acceptors (Lipinski definition) is 4. The van der Waals surface area contributed by atoms with Crippen molar-refractivity contribution in [2.24, 2.45) is 0 Å². The molecular weight excluding hydrogens is 413 g/mol. The molecule has 2 fully saturated rings. The molecule has 1 aliphatic carbocycles. The van der Waals surface area contributed by atoms with Gasteiger partial charge in [0, 0.05) is 31.8 Å². The van der Waals surface area contributed by atoms with Crippen LogP contribution in [0.1, 0.15) is 59.6 Å². The first-order valence-electron chi connectivity index (χ1n) is 10.1. The molecule has 2 aliphatic rings. The molecule has 7 nitrogen and oxygen atoms in total. The fourth-order valence-corrected chi connectivity index (χ4v) is 3.71. The summed E-state index contributed by atoms with van der Waals surface area (Å²) < 4.78 is 40.7. The zero-order valence-corrected chi connectivity index (χ0v) is 16.6. The lowest BCUT2D eigenvalue weighted by Crippen LogP contribution is -2.33. The molecular formula is C21H21F3N4O3. The first kappa shape index (κ1) is 21.1. The minimum absolute atomic E-state index is 0.0673. The van der Waals surface area contributed by atoms with Crippen molar-refractivity contribution in [1.29, 1.82) is 0 Å². The zero-order valence-electron chi connectivity index (χ0n) is 16.6. The van der Waals surface area contributed by atoms with E-state index in [1.54, 1.807) is 0 Å². The summed E-state index contributed by atoms with van der Waals surface area (Å²) in [5.41, 5.74) is 0.399. The summed E-state index contributed by atoms with van der Waals surface area (Å²) in [5.74, 6) is -0.707. The first-order chi connectivity index (χ1) is 14.8. The van der Waals surface area contributed by atoms with Gasteiger partial charge >= 0.3 is 6.18 Å². The highest BCUT2D eigenvalue weighted by molar-refractivity contribution is 6.01. The van der Waals surface area contributed by atoms with Crippen LogP contribution in [0.5, 0.6) is 0 Å². The van der Waals surface area contributed by atoms with Gasteiger partial charge in [-0.25, -0.2) is 4.68 Å². The molecule has 0 bridgehead atoms. The second-order valence-corrected chi connectivity index (χ2v) is 7.73. The third kappa shape index (κ3) is 4.47. The number of alkyl halides is 3. The van der Waals surface area contributed by atoms with Gasteiger partial charge in [0.05, 0.1) is 28.7 Å². The molecule has 0 atom stereocenters. The summed E-state index contributed by atoms with van der Waals surface area (Å²) in [4.78, 5) is 37.1. The van der Waals surface area contributed by atoms with Gasteiger partial charge < -0.3 is 5.32 Å². The van der Waals surface area contributed by atoms with Gasteiger partial charge in [-0.1, -0.05) is 6.07 Å². The van der Waals surface area contributed by atoms with Crippen LogP contribution >= 0.6 is 0 Å². The number of likely N-dealkylation sites (tertiary alicyclic amines) is 1. The van der Waals surface area contributed by atoms with Gasteiger partial charge in [-0.2, -0.15) is 18.3 Å². The van der Waals surface area contributed by atoms with Crippen molar-refractivity contribution in [2.45, 2.75) is 44.2 Å². The van der Waals surface area contributed by atoms with Gasteiger partial charge in [0.25, 0.3) is 5.91 Å². The Hall–Kier alpha value is -3.17. The van der Waals surface area contributed by atoms with E-state index in [2.05, 4.69) is 10.4 Å². The van der Waals surface area contributed by atoms with Crippen molar-refractivity contribution >= 4 is 17.7 Å². The van der Waals surface area contributed by atoms with Crippen LogP contribution in [0.4, 0.5) is 13.2 Å². The summed E-state index contributed by atoms with van der Waals surface area (Å²) in [6.07, 6.45) is -0.550. The molecule has 2 aromatic rings. The van der Waals surface area contributed by atoms with Crippen molar-refractivity contribution in [1.82, 2.24) is 20.0 Å². The normalized spacial score (nSPS) is 16.8. The maximum absolute atomic E-state index is 13.1. The number of nitrogens with one attached hydrogen (secondary N) is 1. The van der Waals surface area contributed by atoms with Crippen molar-refractivity contribution < 1.29 is 27.6 Å². The maximum atomic E-state index is 13.1. The highest BCUT2D eigenvalue weighted by Crippen LogP contribution is 2.42. The van der Waals surface area contributed by atoms with Gasteiger partial charge in [0.2, 0.25) is 11.8 Å². The lowest BCUT2D eigenvalue weighted by atomic mass is 10.1. The molecule has 2 heterocycles. The predicted octanol–water partition coefficient (Wildman–Crippen LogP) is 3.04. The van der Waals surface area contributed by atoms with Gasteiger partial charge in [0.1, 0.15) is 0 Å². The predicted molar refractivity (Wildman–Crippen MR) is 103 cm³/mol. The number of amides is 3. The lowest BCUT2D eigenvalue weighted by Gasteiger charge is -2.14. The third-order valence-corrected chi connectivity index (χ3v) is 5.43. The monoisotopic (exact) mass is 434 g/mol. The van der Waals surface area contributed by atoms with Crippen LogP contribution in [0.3, 0.4) is 0 Å². The van der Waals surface area contributed by atoms with Crippen molar-refractivity contribution in [3.05, 3.63) is 47.3 Å². The average Bonchev–Trinajstić information content (AvgIpc) is 3.39. The second-order valence-electron chi connectivity index (χ2n) is 7.73. The molecule has 3 amide bonds. The Labute approximate surface area is 176 Å². The summed E-state index contributed by atoms with van der Waals surface area (Å²) >= 11 is 0. The van der Waals surface area contributed by atoms with E-state index in [4.69, 9.17) is 0 Å². The topological polar surface area (TPSA) is 84.3 Å². The molecule has 0 spiro atoms. The smallest absolute Gasteiger partial charge is 0.352 e. The Morgan fingerprint density at radius 1 is 1.16 bits per heavy atom. The van der Waals surface area contributed by atoms with E-state index in [-0.39, 0.29) is 55.3 Å². The van der Waals surface area contributed by atoms with E-state index < -0.39 is 11.7 Å². The van der Waals surface area contributed by atoms with Crippen LogP contribution < -0.4 is 5.32 Å². The van der Waals surface area contributed by atoms with E-state index >= 15 is 0 Å². The average molecular weight is 434 g/mol. The third-order valence-electron chi connectivity index (χ3n) is 5.43. The van der Waals surface area contributed by atoms with Crippen LogP contribution in [0.2, 0.25) is 0 Å². The second kappa shape index (κ2) is 8.16. The number of nitrogens with zero attached hydrogens (tertiary/aromatic N) is 3. The van der Waals surface area contributed by atoms with Crippen LogP contribution in [-0.4, -0.2) is 45.5 Å². The fraction of sp³-hybridized carbons (Fsp3) is 0.429. The lowest BCUT2D eigenvalue weighted by molar-refractivity contribution is -0.139. The Morgan fingerprint density at radius 3 is 2.52 bits per heavy atom. The standard InChI is InChI=1S/C21H21F3N4O3/c22-21(23,24)14-3-1-4-15(11-14)28-19(13-5-6-13)16(12-26-28)20(31)25-9-2-10-27-17(29)7-8-18(27)30/h1,3-4,11-13H,2,5-10H2,(H,25,31). The van der Waals surface area contributed by atoms with E-state index in [9.17, 15) is 27.6 Å². The number of carbonyl (C=O) groups excluding carboxylic acids is 3. The Morgan fingerprint density at radius 2 is 1.87 bits per heavy atom. The SMILES string of the molecule is O=C(NCCCN1C(=O)CCC1=O)c1cnn(-c2cccc(C(F)(F)F)c2)c1C1CC1. The molecule has 31 heavy (non-hydrogen) atoms. The van der Waals surface area contributed by atoms with Gasteiger partial charge in [-0.3, -0.25) is 19.3 Å². The number of carbonyl (C=O) groups is 3. The van der Waals surface area contributed by atoms with Crippen molar-refractivity contribution in [3.63, 3.8) is 0 Å². The quantitative estimate of drug-likeness (QED) is 0.536. The summed E-state index contributed by atoms with van der Waals surface area (Å²) in [6, 6.07) is 4.86. The van der Waals surface area contributed by atoms with Gasteiger partial charge in [-0.15, -0.1) is 0 Å². The molecule has 0 radical (unpaired) electrons. The highest BCUT2D eigenvalue weighted by atomic mass is 19.4.